The molecule has 116 valence electrons. The van der Waals surface area contributed by atoms with Crippen LogP contribution in [0.3, 0.4) is 0 Å². The summed E-state index contributed by atoms with van der Waals surface area (Å²) in [6, 6.07) is 0. The van der Waals surface area contributed by atoms with Crippen molar-refractivity contribution in [2.24, 2.45) is 0 Å². The molecule has 21 heavy (non-hydrogen) atoms. The fourth-order valence-electron chi connectivity index (χ4n) is 2.10. The van der Waals surface area contributed by atoms with Crippen molar-refractivity contribution in [2.75, 3.05) is 32.1 Å². The van der Waals surface area contributed by atoms with Gasteiger partial charge in [0.15, 0.2) is 5.13 Å². The molecule has 0 saturated carbocycles. The van der Waals surface area contributed by atoms with Crippen molar-refractivity contribution in [2.45, 2.75) is 26.3 Å². The average molecular weight is 312 g/mol. The topological polar surface area (TPSA) is 83.6 Å². The van der Waals surface area contributed by atoms with Gasteiger partial charge in [0.05, 0.1) is 19.3 Å². The molecule has 0 saturated heterocycles. The van der Waals surface area contributed by atoms with Gasteiger partial charge >= 0.3 is 6.09 Å². The molecule has 0 unspecified atom stereocenters. The second-order valence-corrected chi connectivity index (χ2v) is 5.90. The number of nitrogens with zero attached hydrogens (tertiary/aromatic N) is 2. The van der Waals surface area contributed by atoms with E-state index in [4.69, 9.17) is 0 Å². The number of hydrogen-bond donors (Lipinski definition) is 2. The average Bonchev–Trinajstić information content (AvgIpc) is 2.86. The van der Waals surface area contributed by atoms with Gasteiger partial charge in [-0.05, 0) is 6.42 Å². The van der Waals surface area contributed by atoms with Crippen LogP contribution in [0.4, 0.5) is 9.93 Å². The molecular weight excluding hydrogens is 292 g/mol. The Morgan fingerprint density at radius 3 is 3.00 bits per heavy atom. The summed E-state index contributed by atoms with van der Waals surface area (Å²) in [4.78, 5) is 30.5. The zero-order valence-corrected chi connectivity index (χ0v) is 13.1. The van der Waals surface area contributed by atoms with E-state index >= 15 is 0 Å². The Kier molecular flexibility index (Phi) is 5.51. The Labute approximate surface area is 127 Å². The summed E-state index contributed by atoms with van der Waals surface area (Å²) in [5, 5.41) is 6.00. The van der Waals surface area contributed by atoms with Gasteiger partial charge in [0.25, 0.3) is 0 Å². The molecule has 2 amide bonds. The molecule has 0 atom stereocenters. The number of thiazole rings is 1. The molecular formula is C13H20N4O3S. The summed E-state index contributed by atoms with van der Waals surface area (Å²) in [5.74, 6) is 0.0534. The summed E-state index contributed by atoms with van der Waals surface area (Å²) in [5.41, 5.74) is 0.997. The van der Waals surface area contributed by atoms with Gasteiger partial charge in [0, 0.05) is 30.9 Å². The van der Waals surface area contributed by atoms with E-state index in [0.717, 1.165) is 30.0 Å². The Morgan fingerprint density at radius 1 is 1.48 bits per heavy atom. The van der Waals surface area contributed by atoms with Crippen LogP contribution in [0.15, 0.2) is 0 Å². The first-order chi connectivity index (χ1) is 10.1. The van der Waals surface area contributed by atoms with Crippen LogP contribution in [0.5, 0.6) is 0 Å². The van der Waals surface area contributed by atoms with E-state index in [9.17, 15) is 9.59 Å². The normalized spacial score (nSPS) is 14.4. The van der Waals surface area contributed by atoms with Crippen LogP contribution in [0, 0.1) is 0 Å². The SMILES string of the molecule is CCCNC(=O)CN1CCc2nc(NC(=O)OC)sc2C1. The standard InChI is InChI=1S/C13H20N4O3S/c1-3-5-14-11(18)8-17-6-4-9-10(7-17)21-12(15-9)16-13(19)20-2/h3-8H2,1-2H3,(H,14,18)(H,15,16,19). The highest BCUT2D eigenvalue weighted by molar-refractivity contribution is 7.15. The summed E-state index contributed by atoms with van der Waals surface area (Å²) in [6.45, 7) is 4.63. The molecule has 2 rings (SSSR count). The molecule has 8 heteroatoms. The number of amides is 2. The van der Waals surface area contributed by atoms with E-state index in [0.29, 0.717) is 24.8 Å². The fraction of sp³-hybridized carbons (Fsp3) is 0.615. The molecule has 0 fully saturated rings. The minimum Gasteiger partial charge on any atom is -0.453 e. The van der Waals surface area contributed by atoms with E-state index in [2.05, 4.69) is 25.3 Å². The van der Waals surface area contributed by atoms with Crippen LogP contribution in [-0.4, -0.2) is 48.6 Å². The van der Waals surface area contributed by atoms with Crippen molar-refractivity contribution in [3.05, 3.63) is 10.6 Å². The van der Waals surface area contributed by atoms with Gasteiger partial charge in [-0.1, -0.05) is 18.3 Å². The zero-order chi connectivity index (χ0) is 15.2. The van der Waals surface area contributed by atoms with Gasteiger partial charge in [-0.25, -0.2) is 9.78 Å². The van der Waals surface area contributed by atoms with Crippen LogP contribution in [0.1, 0.15) is 23.9 Å². The number of fused-ring (bicyclic) bond motifs is 1. The number of methoxy groups -OCH3 is 1. The number of nitrogens with one attached hydrogen (secondary N) is 2. The third-order valence-electron chi connectivity index (χ3n) is 3.14. The van der Waals surface area contributed by atoms with E-state index in [1.807, 2.05) is 6.92 Å². The summed E-state index contributed by atoms with van der Waals surface area (Å²) in [7, 11) is 1.32. The summed E-state index contributed by atoms with van der Waals surface area (Å²) < 4.78 is 4.55. The van der Waals surface area contributed by atoms with E-state index in [-0.39, 0.29) is 5.91 Å². The number of ether oxygens (including phenoxy) is 1. The molecule has 0 aromatic carbocycles. The molecule has 2 heterocycles. The van der Waals surface area contributed by atoms with Crippen LogP contribution in [-0.2, 0) is 22.5 Å². The van der Waals surface area contributed by atoms with E-state index < -0.39 is 6.09 Å². The quantitative estimate of drug-likeness (QED) is 0.854. The van der Waals surface area contributed by atoms with Crippen molar-refractivity contribution in [1.82, 2.24) is 15.2 Å². The number of anilines is 1. The molecule has 1 aliphatic rings. The van der Waals surface area contributed by atoms with Gasteiger partial charge in [0.1, 0.15) is 0 Å². The molecule has 7 nitrogen and oxygen atoms in total. The summed E-state index contributed by atoms with van der Waals surface area (Å²) in [6.07, 6.45) is 1.21. The maximum atomic E-state index is 11.7. The fourth-order valence-corrected chi connectivity index (χ4v) is 3.13. The third-order valence-corrected chi connectivity index (χ3v) is 4.14. The Morgan fingerprint density at radius 2 is 2.29 bits per heavy atom. The number of rotatable bonds is 5. The smallest absolute Gasteiger partial charge is 0.413 e. The monoisotopic (exact) mass is 312 g/mol. The molecule has 0 aliphatic carbocycles. The lowest BCUT2D eigenvalue weighted by atomic mass is 10.2. The van der Waals surface area contributed by atoms with Crippen molar-refractivity contribution >= 4 is 28.5 Å². The largest absolute Gasteiger partial charge is 0.453 e. The van der Waals surface area contributed by atoms with Crippen molar-refractivity contribution < 1.29 is 14.3 Å². The molecule has 1 aromatic heterocycles. The lowest BCUT2D eigenvalue weighted by molar-refractivity contribution is -0.122. The molecule has 1 aliphatic heterocycles. The highest BCUT2D eigenvalue weighted by Gasteiger charge is 2.22. The number of carbonyl (C=O) groups excluding carboxylic acids is 2. The highest BCUT2D eigenvalue weighted by Crippen LogP contribution is 2.28. The predicted molar refractivity (Wildman–Crippen MR) is 80.4 cm³/mol. The number of hydrogen-bond acceptors (Lipinski definition) is 6. The predicted octanol–water partition coefficient (Wildman–Crippen LogP) is 1.21. The Bertz CT molecular complexity index is 518. The summed E-state index contributed by atoms with van der Waals surface area (Å²) >= 11 is 1.43. The Hall–Kier alpha value is -1.67. The van der Waals surface area contributed by atoms with Crippen LogP contribution in [0.2, 0.25) is 0 Å². The minimum absolute atomic E-state index is 0.0534. The van der Waals surface area contributed by atoms with Gasteiger partial charge in [-0.3, -0.25) is 15.0 Å². The number of carbonyl (C=O) groups is 2. The molecule has 0 spiro atoms. The third kappa shape index (κ3) is 4.40. The minimum atomic E-state index is -0.517. The van der Waals surface area contributed by atoms with Crippen LogP contribution >= 0.6 is 11.3 Å². The maximum Gasteiger partial charge on any atom is 0.413 e. The van der Waals surface area contributed by atoms with Gasteiger partial charge in [-0.2, -0.15) is 0 Å². The number of aromatic nitrogens is 1. The van der Waals surface area contributed by atoms with E-state index in [1.165, 1.54) is 18.4 Å². The molecule has 0 radical (unpaired) electrons. The second-order valence-electron chi connectivity index (χ2n) is 4.82. The van der Waals surface area contributed by atoms with Gasteiger partial charge in [-0.15, -0.1) is 0 Å². The molecule has 2 N–H and O–H groups in total. The van der Waals surface area contributed by atoms with Crippen LogP contribution in [0.25, 0.3) is 0 Å². The van der Waals surface area contributed by atoms with E-state index in [1.54, 1.807) is 0 Å². The van der Waals surface area contributed by atoms with Crippen molar-refractivity contribution in [3.63, 3.8) is 0 Å². The molecule has 1 aromatic rings. The van der Waals surface area contributed by atoms with Crippen molar-refractivity contribution in [1.29, 1.82) is 0 Å². The Balaban J connectivity index is 1.91. The lowest BCUT2D eigenvalue weighted by Gasteiger charge is -2.25. The van der Waals surface area contributed by atoms with Gasteiger partial charge < -0.3 is 10.1 Å². The van der Waals surface area contributed by atoms with Crippen molar-refractivity contribution in [3.8, 4) is 0 Å². The van der Waals surface area contributed by atoms with Crippen LogP contribution < -0.4 is 10.6 Å². The lowest BCUT2D eigenvalue weighted by Crippen LogP contribution is -2.39. The van der Waals surface area contributed by atoms with Gasteiger partial charge in [0.2, 0.25) is 5.91 Å². The second kappa shape index (κ2) is 7.37. The maximum absolute atomic E-state index is 11.7. The first-order valence-corrected chi connectivity index (χ1v) is 7.76. The highest BCUT2D eigenvalue weighted by atomic mass is 32.1. The molecule has 0 bridgehead atoms. The first kappa shape index (κ1) is 15.7. The zero-order valence-electron chi connectivity index (χ0n) is 12.3. The first-order valence-electron chi connectivity index (χ1n) is 6.95.